The van der Waals surface area contributed by atoms with Crippen LogP contribution in [-0.4, -0.2) is 13.6 Å². The minimum absolute atomic E-state index is 0.511. The van der Waals surface area contributed by atoms with Gasteiger partial charge in [0, 0.05) is 0 Å². The van der Waals surface area contributed by atoms with Gasteiger partial charge in [-0.05, 0) is 31.8 Å². The lowest BCUT2D eigenvalue weighted by Gasteiger charge is -2.17. The number of hydrogen-bond donors (Lipinski definition) is 1. The molecule has 1 N–H and O–H groups in total. The van der Waals surface area contributed by atoms with Crippen LogP contribution in [0.25, 0.3) is 0 Å². The van der Waals surface area contributed by atoms with E-state index in [4.69, 9.17) is 0 Å². The molecule has 0 radical (unpaired) electrons. The average Bonchev–Trinajstić information content (AvgIpc) is 1.63. The molecule has 0 spiro atoms. The van der Waals surface area contributed by atoms with Gasteiger partial charge in [0.2, 0.25) is 0 Å². The third-order valence-electron chi connectivity index (χ3n) is 1.35. The smallest absolute Gasteiger partial charge is 0.00517 e. The Morgan fingerprint density at radius 1 is 1.22 bits per heavy atom. The van der Waals surface area contributed by atoms with E-state index in [1.165, 1.54) is 12.8 Å². The summed E-state index contributed by atoms with van der Waals surface area (Å²) in [5, 5.41) is 3.14. The van der Waals surface area contributed by atoms with Gasteiger partial charge in [-0.3, -0.25) is 0 Å². The summed E-state index contributed by atoms with van der Waals surface area (Å²) in [4.78, 5) is 0. The van der Waals surface area contributed by atoms with Crippen LogP contribution in [0.5, 0.6) is 0 Å². The average molecular weight is 129 g/mol. The Balaban J connectivity index is 3.07. The fourth-order valence-electron chi connectivity index (χ4n) is 0.795. The van der Waals surface area contributed by atoms with Gasteiger partial charge < -0.3 is 5.32 Å². The Kier molecular flexibility index (Phi) is 3.87. The zero-order valence-electron chi connectivity index (χ0n) is 7.12. The topological polar surface area (TPSA) is 12.0 Å². The normalized spacial score (nSPS) is 12.0. The summed E-state index contributed by atoms with van der Waals surface area (Å²) >= 11 is 0. The highest BCUT2D eigenvalue weighted by Crippen LogP contribution is 2.19. The number of nitrogens with one attached hydrogen (secondary N) is 1. The molecule has 0 aromatic carbocycles. The first-order valence-corrected chi connectivity index (χ1v) is 3.71. The Bertz CT molecular complexity index is 61.5. The quantitative estimate of drug-likeness (QED) is 0.575. The predicted octanol–water partition coefficient (Wildman–Crippen LogP) is 2.03. The molecule has 0 bridgehead atoms. The van der Waals surface area contributed by atoms with E-state index in [0.29, 0.717) is 5.41 Å². The highest BCUT2D eigenvalue weighted by molar-refractivity contribution is 4.61. The molecule has 0 aromatic heterocycles. The fourth-order valence-corrected chi connectivity index (χ4v) is 0.795. The van der Waals surface area contributed by atoms with Gasteiger partial charge in [-0.25, -0.2) is 0 Å². The lowest BCUT2D eigenvalue weighted by atomic mass is 9.91. The second-order valence-corrected chi connectivity index (χ2v) is 3.77. The molecular formula is C8H19N. The van der Waals surface area contributed by atoms with Gasteiger partial charge in [-0.2, -0.15) is 0 Å². The molecule has 0 aromatic rings. The molecule has 0 unspecified atom stereocenters. The van der Waals surface area contributed by atoms with Crippen molar-refractivity contribution in [3.05, 3.63) is 0 Å². The summed E-state index contributed by atoms with van der Waals surface area (Å²) < 4.78 is 0. The van der Waals surface area contributed by atoms with E-state index in [-0.39, 0.29) is 0 Å². The van der Waals surface area contributed by atoms with Crippen LogP contribution >= 0.6 is 0 Å². The van der Waals surface area contributed by atoms with E-state index in [2.05, 4.69) is 26.1 Å². The largest absolute Gasteiger partial charge is 0.320 e. The summed E-state index contributed by atoms with van der Waals surface area (Å²) in [7, 11) is 2.00. The first kappa shape index (κ1) is 8.96. The van der Waals surface area contributed by atoms with Gasteiger partial charge in [0.15, 0.2) is 0 Å². The van der Waals surface area contributed by atoms with Crippen LogP contribution in [0.1, 0.15) is 33.6 Å². The fraction of sp³-hybridized carbons (Fsp3) is 1.00. The molecule has 0 aliphatic carbocycles. The van der Waals surface area contributed by atoms with Crippen molar-refractivity contribution in [2.45, 2.75) is 33.6 Å². The SMILES string of the molecule is CNCCCC(C)(C)C. The Hall–Kier alpha value is -0.0400. The molecule has 0 aliphatic rings. The number of hydrogen-bond acceptors (Lipinski definition) is 1. The highest BCUT2D eigenvalue weighted by Gasteiger charge is 2.07. The maximum atomic E-state index is 3.14. The van der Waals surface area contributed by atoms with Crippen molar-refractivity contribution in [1.29, 1.82) is 0 Å². The molecule has 1 nitrogen and oxygen atoms in total. The molecule has 1 heteroatoms. The molecule has 0 rings (SSSR count). The molecule has 0 aliphatic heterocycles. The maximum absolute atomic E-state index is 3.14. The monoisotopic (exact) mass is 129 g/mol. The van der Waals surface area contributed by atoms with Crippen molar-refractivity contribution >= 4 is 0 Å². The van der Waals surface area contributed by atoms with Crippen molar-refractivity contribution in [1.82, 2.24) is 5.32 Å². The molecule has 0 saturated heterocycles. The summed E-state index contributed by atoms with van der Waals surface area (Å²) in [5.41, 5.74) is 0.511. The van der Waals surface area contributed by atoms with E-state index in [1.54, 1.807) is 0 Å². The molecule has 0 amide bonds. The molecule has 0 saturated carbocycles. The van der Waals surface area contributed by atoms with Crippen molar-refractivity contribution in [2.75, 3.05) is 13.6 Å². The van der Waals surface area contributed by atoms with Crippen LogP contribution in [-0.2, 0) is 0 Å². The second-order valence-electron chi connectivity index (χ2n) is 3.77. The van der Waals surface area contributed by atoms with E-state index in [9.17, 15) is 0 Å². The van der Waals surface area contributed by atoms with Crippen molar-refractivity contribution in [3.8, 4) is 0 Å². The molecule has 0 atom stereocenters. The van der Waals surface area contributed by atoms with Gasteiger partial charge in [0.25, 0.3) is 0 Å². The number of rotatable bonds is 3. The van der Waals surface area contributed by atoms with Crippen LogP contribution in [0.4, 0.5) is 0 Å². The van der Waals surface area contributed by atoms with E-state index in [1.807, 2.05) is 7.05 Å². The summed E-state index contributed by atoms with van der Waals surface area (Å²) in [6.45, 7) is 7.99. The van der Waals surface area contributed by atoms with Crippen LogP contribution < -0.4 is 5.32 Å². The molecule has 0 fully saturated rings. The van der Waals surface area contributed by atoms with Gasteiger partial charge in [0.1, 0.15) is 0 Å². The van der Waals surface area contributed by atoms with Crippen LogP contribution in [0.3, 0.4) is 0 Å². The van der Waals surface area contributed by atoms with Crippen molar-refractivity contribution in [3.63, 3.8) is 0 Å². The van der Waals surface area contributed by atoms with Gasteiger partial charge in [0.05, 0.1) is 0 Å². The third kappa shape index (κ3) is 7.96. The maximum Gasteiger partial charge on any atom is -0.00517 e. The second kappa shape index (κ2) is 3.89. The van der Waals surface area contributed by atoms with Gasteiger partial charge >= 0.3 is 0 Å². The molecule has 0 heterocycles. The van der Waals surface area contributed by atoms with Crippen LogP contribution in [0, 0.1) is 5.41 Å². The first-order valence-electron chi connectivity index (χ1n) is 3.71. The summed E-state index contributed by atoms with van der Waals surface area (Å²) in [6.07, 6.45) is 2.60. The molecular weight excluding hydrogens is 110 g/mol. The van der Waals surface area contributed by atoms with E-state index in [0.717, 1.165) is 6.54 Å². The van der Waals surface area contributed by atoms with Crippen LogP contribution in [0.15, 0.2) is 0 Å². The van der Waals surface area contributed by atoms with E-state index >= 15 is 0 Å². The summed E-state index contributed by atoms with van der Waals surface area (Å²) in [5.74, 6) is 0. The van der Waals surface area contributed by atoms with Crippen molar-refractivity contribution < 1.29 is 0 Å². The standard InChI is InChI=1S/C8H19N/c1-8(2,3)6-5-7-9-4/h9H,5-7H2,1-4H3. The zero-order valence-corrected chi connectivity index (χ0v) is 7.12. The van der Waals surface area contributed by atoms with E-state index < -0.39 is 0 Å². The zero-order chi connectivity index (χ0) is 7.33. The Morgan fingerprint density at radius 2 is 1.78 bits per heavy atom. The van der Waals surface area contributed by atoms with Gasteiger partial charge in [-0.1, -0.05) is 20.8 Å². The minimum Gasteiger partial charge on any atom is -0.320 e. The minimum atomic E-state index is 0.511. The highest BCUT2D eigenvalue weighted by atomic mass is 14.8. The van der Waals surface area contributed by atoms with Crippen molar-refractivity contribution in [2.24, 2.45) is 5.41 Å². The molecule has 56 valence electrons. The summed E-state index contributed by atoms with van der Waals surface area (Å²) in [6, 6.07) is 0. The first-order chi connectivity index (χ1) is 4.06. The third-order valence-corrected chi connectivity index (χ3v) is 1.35. The van der Waals surface area contributed by atoms with Crippen LogP contribution in [0.2, 0.25) is 0 Å². The lowest BCUT2D eigenvalue weighted by molar-refractivity contribution is 0.363. The molecule has 9 heavy (non-hydrogen) atoms. The predicted molar refractivity (Wildman–Crippen MR) is 42.6 cm³/mol. The Morgan fingerprint density at radius 3 is 2.11 bits per heavy atom. The Labute approximate surface area is 58.8 Å². The van der Waals surface area contributed by atoms with Gasteiger partial charge in [-0.15, -0.1) is 0 Å². The lowest BCUT2D eigenvalue weighted by Crippen LogP contribution is -2.12.